The number of carbonyl (C=O) groups is 3. The summed E-state index contributed by atoms with van der Waals surface area (Å²) in [5, 5.41) is 10.5. The maximum atomic E-state index is 14.0. The molecule has 5 rings (SSSR count). The topological polar surface area (TPSA) is 112 Å². The van der Waals surface area contributed by atoms with Crippen LogP contribution >= 0.6 is 24.0 Å². The number of carboxylic acid groups (broad SMARTS) is 1. The van der Waals surface area contributed by atoms with Crippen molar-refractivity contribution in [3.8, 4) is 16.9 Å². The maximum Gasteiger partial charge on any atom is 0.326 e. The summed E-state index contributed by atoms with van der Waals surface area (Å²) in [7, 11) is 0. The number of benzene rings is 2. The van der Waals surface area contributed by atoms with Crippen molar-refractivity contribution >= 4 is 52.2 Å². The molecule has 0 spiro atoms. The van der Waals surface area contributed by atoms with E-state index in [9.17, 15) is 28.3 Å². The number of morpholine rings is 1. The van der Waals surface area contributed by atoms with E-state index in [0.717, 1.165) is 42.0 Å². The Morgan fingerprint density at radius 2 is 1.86 bits per heavy atom. The first kappa shape index (κ1) is 31.0. The van der Waals surface area contributed by atoms with Gasteiger partial charge in [0.05, 0.1) is 24.7 Å². The third-order valence-electron chi connectivity index (χ3n) is 7.36. The number of carboxylic acids is 1. The zero-order valence-electron chi connectivity index (χ0n) is 23.1. The first-order chi connectivity index (χ1) is 20.7. The number of amides is 2. The fourth-order valence-electron chi connectivity index (χ4n) is 5.07. The van der Waals surface area contributed by atoms with Crippen molar-refractivity contribution < 1.29 is 37.7 Å². The van der Waals surface area contributed by atoms with E-state index in [1.165, 1.54) is 11.0 Å². The highest BCUT2D eigenvalue weighted by atomic mass is 32.2. The van der Waals surface area contributed by atoms with Crippen LogP contribution in [0, 0.1) is 11.6 Å². The number of aliphatic carboxylic acids is 1. The van der Waals surface area contributed by atoms with E-state index in [-0.39, 0.29) is 15.8 Å². The lowest BCUT2D eigenvalue weighted by atomic mass is 10.0. The highest BCUT2D eigenvalue weighted by Gasteiger charge is 2.36. The number of nitrogens with one attached hydrogen (secondary N) is 1. The first-order valence-corrected chi connectivity index (χ1v) is 15.0. The lowest BCUT2D eigenvalue weighted by molar-refractivity contribution is -0.148. The number of halogens is 2. The van der Waals surface area contributed by atoms with Crippen LogP contribution in [0.5, 0.6) is 5.75 Å². The first-order valence-electron chi connectivity index (χ1n) is 13.8. The lowest BCUT2D eigenvalue weighted by Crippen LogP contribution is -2.49. The van der Waals surface area contributed by atoms with Crippen LogP contribution in [0.4, 0.5) is 8.78 Å². The second kappa shape index (κ2) is 13.9. The molecule has 0 saturated carbocycles. The van der Waals surface area contributed by atoms with Crippen LogP contribution < -0.4 is 10.2 Å². The molecule has 3 aliphatic rings. The van der Waals surface area contributed by atoms with Crippen LogP contribution in [0.2, 0.25) is 0 Å². The van der Waals surface area contributed by atoms with Crippen molar-refractivity contribution in [2.24, 2.45) is 0 Å². The molecule has 0 aliphatic carbocycles. The molecular weight excluding hydrogens is 602 g/mol. The number of thiocarbonyl (C=S) groups is 1. The molecule has 228 valence electrons. The number of likely N-dealkylation sites (tertiary alicyclic amines) is 1. The van der Waals surface area contributed by atoms with Crippen LogP contribution in [0.25, 0.3) is 17.2 Å². The van der Waals surface area contributed by atoms with Crippen LogP contribution in [0.15, 0.2) is 41.3 Å². The number of hydrogen-bond donors (Lipinski definition) is 2. The van der Waals surface area contributed by atoms with E-state index in [4.69, 9.17) is 21.7 Å². The zero-order chi connectivity index (χ0) is 30.5. The minimum Gasteiger partial charge on any atom is -0.492 e. The molecule has 0 aromatic heterocycles. The quantitative estimate of drug-likeness (QED) is 0.300. The zero-order valence-corrected chi connectivity index (χ0v) is 24.7. The van der Waals surface area contributed by atoms with Gasteiger partial charge in [0.15, 0.2) is 16.0 Å². The molecule has 0 radical (unpaired) electrons. The van der Waals surface area contributed by atoms with Crippen molar-refractivity contribution in [2.75, 3.05) is 52.5 Å². The summed E-state index contributed by atoms with van der Waals surface area (Å²) in [6.45, 7) is 4.01. The van der Waals surface area contributed by atoms with Crippen molar-refractivity contribution in [2.45, 2.75) is 18.9 Å². The molecule has 0 bridgehead atoms. The van der Waals surface area contributed by atoms with E-state index in [2.05, 4.69) is 10.3 Å². The second-order valence-electron chi connectivity index (χ2n) is 10.1. The Balaban J connectivity index is 1.33. The smallest absolute Gasteiger partial charge is 0.326 e. The van der Waals surface area contributed by atoms with Gasteiger partial charge in [-0.3, -0.25) is 14.5 Å². The summed E-state index contributed by atoms with van der Waals surface area (Å²) in [6.07, 6.45) is 2.58. The van der Waals surface area contributed by atoms with Gasteiger partial charge >= 0.3 is 5.97 Å². The molecule has 2 aromatic carbocycles. The SMILES string of the molecule is O=C(O)C1CCCN1C(=O)CNN1C(=O)C(=Cc2cc(-c3ccc(F)c(F)c3)ccc2OCCN2CCOCC2)SC1=S. The highest BCUT2D eigenvalue weighted by molar-refractivity contribution is 8.26. The Bertz CT molecular complexity index is 1450. The van der Waals surface area contributed by atoms with Crippen LogP contribution in [0.1, 0.15) is 18.4 Å². The van der Waals surface area contributed by atoms with Gasteiger partial charge in [-0.1, -0.05) is 36.1 Å². The van der Waals surface area contributed by atoms with Gasteiger partial charge in [0.1, 0.15) is 18.4 Å². The summed E-state index contributed by atoms with van der Waals surface area (Å²) in [6, 6.07) is 7.90. The Kier molecular flexibility index (Phi) is 10.0. The van der Waals surface area contributed by atoms with Gasteiger partial charge in [0, 0.05) is 31.7 Å². The molecule has 3 aliphatic heterocycles. The maximum absolute atomic E-state index is 14.0. The van der Waals surface area contributed by atoms with Gasteiger partial charge in [0.25, 0.3) is 5.91 Å². The summed E-state index contributed by atoms with van der Waals surface area (Å²) in [5.74, 6) is -3.44. The molecule has 1 atom stereocenters. The predicted octanol–water partition coefficient (Wildman–Crippen LogP) is 3.12. The number of hydrazine groups is 1. The van der Waals surface area contributed by atoms with Gasteiger partial charge < -0.3 is 19.5 Å². The highest BCUT2D eigenvalue weighted by Crippen LogP contribution is 2.35. The molecule has 2 N–H and O–H groups in total. The number of nitrogens with zero attached hydrogens (tertiary/aromatic N) is 3. The summed E-state index contributed by atoms with van der Waals surface area (Å²) < 4.78 is 39.2. The molecule has 43 heavy (non-hydrogen) atoms. The van der Waals surface area contributed by atoms with E-state index in [1.807, 2.05) is 0 Å². The van der Waals surface area contributed by atoms with Crippen LogP contribution in [-0.4, -0.2) is 101 Å². The van der Waals surface area contributed by atoms with Crippen molar-refractivity contribution in [1.29, 1.82) is 0 Å². The minimum absolute atomic E-state index is 0.173. The Morgan fingerprint density at radius 1 is 1.12 bits per heavy atom. The fourth-order valence-corrected chi connectivity index (χ4v) is 6.28. The summed E-state index contributed by atoms with van der Waals surface area (Å²) in [5.41, 5.74) is 4.30. The third-order valence-corrected chi connectivity index (χ3v) is 8.66. The second-order valence-corrected chi connectivity index (χ2v) is 11.8. The average molecular weight is 633 g/mol. The number of carbonyl (C=O) groups excluding carboxylic acids is 2. The summed E-state index contributed by atoms with van der Waals surface area (Å²) in [4.78, 5) is 41.2. The molecule has 10 nitrogen and oxygen atoms in total. The molecule has 3 heterocycles. The largest absolute Gasteiger partial charge is 0.492 e. The number of hydrogen-bond acceptors (Lipinski definition) is 9. The fraction of sp³-hybridized carbons (Fsp3) is 0.379. The number of rotatable bonds is 10. The summed E-state index contributed by atoms with van der Waals surface area (Å²) >= 11 is 6.42. The van der Waals surface area contributed by atoms with E-state index in [1.54, 1.807) is 24.3 Å². The molecule has 14 heteroatoms. The van der Waals surface area contributed by atoms with Crippen LogP contribution in [-0.2, 0) is 19.1 Å². The molecule has 3 saturated heterocycles. The Morgan fingerprint density at radius 3 is 2.60 bits per heavy atom. The lowest BCUT2D eigenvalue weighted by Gasteiger charge is -2.26. The number of thioether (sulfide) groups is 1. The minimum atomic E-state index is -1.06. The molecular formula is C29H30F2N4O6S2. The van der Waals surface area contributed by atoms with Gasteiger partial charge in [0.2, 0.25) is 5.91 Å². The van der Waals surface area contributed by atoms with Gasteiger partial charge in [-0.2, -0.15) is 0 Å². The average Bonchev–Trinajstić information content (AvgIpc) is 3.59. The normalized spacial score (nSPS) is 20.3. The van der Waals surface area contributed by atoms with E-state index >= 15 is 0 Å². The molecule has 2 amide bonds. The van der Waals surface area contributed by atoms with E-state index < -0.39 is 35.5 Å². The Labute approximate surface area is 256 Å². The van der Waals surface area contributed by atoms with Gasteiger partial charge in [-0.05, 0) is 54.3 Å². The van der Waals surface area contributed by atoms with Gasteiger partial charge in [-0.25, -0.2) is 24.0 Å². The van der Waals surface area contributed by atoms with E-state index in [0.29, 0.717) is 68.2 Å². The Hall–Kier alpha value is -3.43. The number of ether oxygens (including phenoxy) is 2. The van der Waals surface area contributed by atoms with Crippen molar-refractivity contribution in [3.63, 3.8) is 0 Å². The third kappa shape index (κ3) is 7.39. The molecule has 1 unspecified atom stereocenters. The van der Waals surface area contributed by atoms with Crippen molar-refractivity contribution in [3.05, 3.63) is 58.5 Å². The molecule has 3 fully saturated rings. The molecule has 2 aromatic rings. The predicted molar refractivity (Wildman–Crippen MR) is 160 cm³/mol. The standard InChI is InChI=1S/C29H30F2N4O6S2/c30-21-5-3-19(15-22(21)31)18-4-6-24(41-13-10-33-8-11-40-12-9-33)20(14-18)16-25-27(37)35(29(42)43-25)32-17-26(36)34-7-1-2-23(34)28(38)39/h3-6,14-16,23,32H,1-2,7-13,17H2,(H,38,39). The van der Waals surface area contributed by atoms with Crippen molar-refractivity contribution in [1.82, 2.24) is 20.2 Å². The van der Waals surface area contributed by atoms with Gasteiger partial charge in [-0.15, -0.1) is 0 Å². The van der Waals surface area contributed by atoms with Crippen LogP contribution in [0.3, 0.4) is 0 Å². The monoisotopic (exact) mass is 632 g/mol.